The molecule has 2 N–H and O–H groups in total. The molecule has 0 fully saturated rings. The highest BCUT2D eigenvalue weighted by Crippen LogP contribution is 2.19. The van der Waals surface area contributed by atoms with Crippen molar-refractivity contribution >= 4 is 12.1 Å². The van der Waals surface area contributed by atoms with E-state index in [1.807, 2.05) is 51.1 Å². The van der Waals surface area contributed by atoms with Crippen LogP contribution in [-0.2, 0) is 16.1 Å². The van der Waals surface area contributed by atoms with Crippen molar-refractivity contribution in [3.8, 4) is 0 Å². The molecule has 0 aliphatic carbocycles. The number of hydrogen-bond donors (Lipinski definition) is 2. The van der Waals surface area contributed by atoms with Crippen molar-refractivity contribution in [2.45, 2.75) is 46.3 Å². The first-order valence-electron chi connectivity index (χ1n) is 7.57. The van der Waals surface area contributed by atoms with Gasteiger partial charge in [-0.15, -0.1) is 0 Å². The van der Waals surface area contributed by atoms with Gasteiger partial charge in [0.05, 0.1) is 6.42 Å². The van der Waals surface area contributed by atoms with Crippen molar-refractivity contribution in [3.63, 3.8) is 0 Å². The van der Waals surface area contributed by atoms with E-state index in [1.165, 1.54) is 0 Å². The molecule has 0 bridgehead atoms. The van der Waals surface area contributed by atoms with Crippen LogP contribution < -0.4 is 5.32 Å². The number of alkyl carbamates (subject to hydrolysis) is 1. The number of carbonyl (C=O) groups excluding carboxylic acids is 1. The lowest BCUT2D eigenvalue weighted by Gasteiger charge is -2.24. The molecular weight excluding hydrogens is 282 g/mol. The maximum Gasteiger partial charge on any atom is 0.407 e. The van der Waals surface area contributed by atoms with Crippen LogP contribution in [0.15, 0.2) is 30.3 Å². The quantitative estimate of drug-likeness (QED) is 0.771. The van der Waals surface area contributed by atoms with Crippen molar-refractivity contribution in [2.24, 2.45) is 11.8 Å². The summed E-state index contributed by atoms with van der Waals surface area (Å²) >= 11 is 0. The van der Waals surface area contributed by atoms with Gasteiger partial charge in [0.1, 0.15) is 6.61 Å². The first-order chi connectivity index (χ1) is 10.4. The van der Waals surface area contributed by atoms with Gasteiger partial charge in [-0.1, -0.05) is 44.2 Å². The fourth-order valence-electron chi connectivity index (χ4n) is 2.36. The van der Waals surface area contributed by atoms with Crippen LogP contribution in [0.2, 0.25) is 0 Å². The van der Waals surface area contributed by atoms with Gasteiger partial charge >= 0.3 is 12.1 Å². The van der Waals surface area contributed by atoms with Crippen LogP contribution in [-0.4, -0.2) is 23.2 Å². The molecule has 5 heteroatoms. The lowest BCUT2D eigenvalue weighted by Crippen LogP contribution is -2.39. The molecule has 0 radical (unpaired) electrons. The third-order valence-electron chi connectivity index (χ3n) is 3.48. The van der Waals surface area contributed by atoms with Gasteiger partial charge in [0, 0.05) is 6.04 Å². The fraction of sp³-hybridized carbons (Fsp3) is 0.529. The van der Waals surface area contributed by atoms with Gasteiger partial charge < -0.3 is 15.2 Å². The van der Waals surface area contributed by atoms with E-state index in [0.717, 1.165) is 12.0 Å². The van der Waals surface area contributed by atoms with Crippen molar-refractivity contribution in [2.75, 3.05) is 0 Å². The van der Waals surface area contributed by atoms with Crippen LogP contribution >= 0.6 is 0 Å². The van der Waals surface area contributed by atoms with E-state index in [-0.39, 0.29) is 25.0 Å². The third-order valence-corrected chi connectivity index (χ3v) is 3.48. The molecule has 5 nitrogen and oxygen atoms in total. The van der Waals surface area contributed by atoms with Crippen LogP contribution in [0.25, 0.3) is 0 Å². The second-order valence-electron chi connectivity index (χ2n) is 5.98. The molecule has 22 heavy (non-hydrogen) atoms. The zero-order chi connectivity index (χ0) is 16.5. The number of hydrogen-bond acceptors (Lipinski definition) is 3. The highest BCUT2D eigenvalue weighted by molar-refractivity contribution is 5.69. The van der Waals surface area contributed by atoms with Gasteiger partial charge in [-0.25, -0.2) is 4.79 Å². The van der Waals surface area contributed by atoms with E-state index < -0.39 is 12.1 Å². The monoisotopic (exact) mass is 307 g/mol. The summed E-state index contributed by atoms with van der Waals surface area (Å²) in [5.41, 5.74) is 0.912. The number of carboxylic acid groups (broad SMARTS) is 1. The molecule has 0 heterocycles. The predicted molar refractivity (Wildman–Crippen MR) is 84.4 cm³/mol. The van der Waals surface area contributed by atoms with Gasteiger partial charge in [0.25, 0.3) is 0 Å². The SMILES string of the molecule is CC(C)C[C@@H](CC(=O)O)[C@H](C)NC(=O)OCc1ccccc1. The summed E-state index contributed by atoms with van der Waals surface area (Å²) in [6, 6.07) is 9.16. The summed E-state index contributed by atoms with van der Waals surface area (Å²) in [5, 5.41) is 11.7. The second-order valence-corrected chi connectivity index (χ2v) is 5.98. The Balaban J connectivity index is 2.47. The lowest BCUT2D eigenvalue weighted by molar-refractivity contribution is -0.138. The first-order valence-corrected chi connectivity index (χ1v) is 7.57. The average molecular weight is 307 g/mol. The summed E-state index contributed by atoms with van der Waals surface area (Å²) in [5.74, 6) is -0.590. The molecule has 0 saturated carbocycles. The van der Waals surface area contributed by atoms with Crippen LogP contribution in [0, 0.1) is 11.8 Å². The number of amides is 1. The van der Waals surface area contributed by atoms with Crippen molar-refractivity contribution in [1.29, 1.82) is 0 Å². The standard InChI is InChI=1S/C17H25NO4/c1-12(2)9-15(10-16(19)20)13(3)18-17(21)22-11-14-7-5-4-6-8-14/h4-8,12-13,15H,9-11H2,1-3H3,(H,18,21)(H,19,20)/t13-,15-/m0/s1. The second kappa shape index (κ2) is 9.07. The lowest BCUT2D eigenvalue weighted by atomic mass is 9.88. The molecule has 2 atom stereocenters. The van der Waals surface area contributed by atoms with E-state index >= 15 is 0 Å². The topological polar surface area (TPSA) is 75.6 Å². The Kier molecular flexibility index (Phi) is 7.43. The van der Waals surface area contributed by atoms with Gasteiger partial charge in [0.15, 0.2) is 0 Å². The zero-order valence-corrected chi connectivity index (χ0v) is 13.4. The highest BCUT2D eigenvalue weighted by Gasteiger charge is 2.23. The molecule has 0 saturated heterocycles. The van der Waals surface area contributed by atoms with Gasteiger partial charge in [-0.05, 0) is 30.7 Å². The average Bonchev–Trinajstić information content (AvgIpc) is 2.44. The van der Waals surface area contributed by atoms with Crippen molar-refractivity contribution in [1.82, 2.24) is 5.32 Å². The Bertz CT molecular complexity index is 473. The van der Waals surface area contributed by atoms with E-state index in [9.17, 15) is 9.59 Å². The fourth-order valence-corrected chi connectivity index (χ4v) is 2.36. The van der Waals surface area contributed by atoms with Crippen LogP contribution in [0.5, 0.6) is 0 Å². The maximum absolute atomic E-state index is 11.8. The van der Waals surface area contributed by atoms with Gasteiger partial charge in [0.2, 0.25) is 0 Å². The van der Waals surface area contributed by atoms with Crippen LogP contribution in [0.3, 0.4) is 0 Å². The third kappa shape index (κ3) is 7.11. The van der Waals surface area contributed by atoms with Crippen molar-refractivity contribution < 1.29 is 19.4 Å². The van der Waals surface area contributed by atoms with Gasteiger partial charge in [-0.2, -0.15) is 0 Å². The number of nitrogens with one attached hydrogen (secondary N) is 1. The highest BCUT2D eigenvalue weighted by atomic mass is 16.5. The molecule has 1 aromatic rings. The molecule has 0 unspecified atom stereocenters. The molecule has 1 rings (SSSR count). The minimum atomic E-state index is -0.850. The Morgan fingerprint density at radius 3 is 2.36 bits per heavy atom. The molecule has 0 spiro atoms. The van der Waals surface area contributed by atoms with E-state index in [0.29, 0.717) is 5.92 Å². The Hall–Kier alpha value is -2.04. The first kappa shape index (κ1) is 18.0. The molecule has 1 amide bonds. The summed E-state index contributed by atoms with van der Waals surface area (Å²) < 4.78 is 5.16. The molecule has 1 aromatic carbocycles. The Labute approximate surface area is 131 Å². The van der Waals surface area contributed by atoms with E-state index in [1.54, 1.807) is 0 Å². The predicted octanol–water partition coefficient (Wildman–Crippen LogP) is 3.44. The van der Waals surface area contributed by atoms with Crippen LogP contribution in [0.4, 0.5) is 4.79 Å². The molecule has 0 aromatic heterocycles. The molecule has 0 aliphatic rings. The summed E-state index contributed by atoms with van der Waals surface area (Å²) in [4.78, 5) is 22.8. The van der Waals surface area contributed by atoms with E-state index in [2.05, 4.69) is 5.32 Å². The summed E-state index contributed by atoms with van der Waals surface area (Å²) in [6.45, 7) is 6.09. The molecule has 0 aliphatic heterocycles. The number of rotatable bonds is 8. The number of carbonyl (C=O) groups is 2. The van der Waals surface area contributed by atoms with E-state index in [4.69, 9.17) is 9.84 Å². The number of ether oxygens (including phenoxy) is 1. The zero-order valence-electron chi connectivity index (χ0n) is 13.4. The number of aliphatic carboxylic acids is 1. The normalized spacial score (nSPS) is 13.5. The minimum Gasteiger partial charge on any atom is -0.481 e. The Morgan fingerprint density at radius 1 is 1.18 bits per heavy atom. The van der Waals surface area contributed by atoms with Gasteiger partial charge in [-0.3, -0.25) is 4.79 Å². The molecular formula is C17H25NO4. The minimum absolute atomic E-state index is 0.0400. The summed E-state index contributed by atoms with van der Waals surface area (Å²) in [6.07, 6.45) is 0.264. The maximum atomic E-state index is 11.8. The number of benzene rings is 1. The largest absolute Gasteiger partial charge is 0.481 e. The van der Waals surface area contributed by atoms with Crippen LogP contribution in [0.1, 0.15) is 39.2 Å². The molecule has 122 valence electrons. The summed E-state index contributed by atoms with van der Waals surface area (Å²) in [7, 11) is 0. The Morgan fingerprint density at radius 2 is 1.82 bits per heavy atom. The number of carboxylic acids is 1. The smallest absolute Gasteiger partial charge is 0.407 e. The van der Waals surface area contributed by atoms with Crippen molar-refractivity contribution in [3.05, 3.63) is 35.9 Å².